The SMILES string of the molecule is CC(=O)N1CCc2cc(S(=O)(=O)N(C)c3cccc(C)c3)ccc21. The van der Waals surface area contributed by atoms with Crippen molar-refractivity contribution in [2.45, 2.75) is 25.2 Å². The van der Waals surface area contributed by atoms with E-state index in [1.54, 1.807) is 36.2 Å². The van der Waals surface area contributed by atoms with Crippen molar-refractivity contribution in [3.8, 4) is 0 Å². The molecule has 0 atom stereocenters. The standard InChI is InChI=1S/C18H20N2O3S/c1-13-5-4-6-16(11-13)19(3)24(22,23)17-7-8-18-15(12-17)9-10-20(18)14(2)21/h4-8,11-12H,9-10H2,1-3H3. The van der Waals surface area contributed by atoms with E-state index in [2.05, 4.69) is 0 Å². The fourth-order valence-electron chi connectivity index (χ4n) is 2.99. The normalized spacial score (nSPS) is 13.7. The Morgan fingerprint density at radius 2 is 1.92 bits per heavy atom. The molecule has 0 unspecified atom stereocenters. The van der Waals surface area contributed by atoms with Gasteiger partial charge in [0.2, 0.25) is 5.91 Å². The largest absolute Gasteiger partial charge is 0.312 e. The van der Waals surface area contributed by atoms with Crippen LogP contribution in [0.2, 0.25) is 0 Å². The van der Waals surface area contributed by atoms with E-state index in [9.17, 15) is 13.2 Å². The van der Waals surface area contributed by atoms with E-state index in [4.69, 9.17) is 0 Å². The summed E-state index contributed by atoms with van der Waals surface area (Å²) in [6, 6.07) is 12.3. The predicted molar refractivity (Wildman–Crippen MR) is 94.9 cm³/mol. The minimum atomic E-state index is -3.64. The van der Waals surface area contributed by atoms with E-state index in [0.717, 1.165) is 16.8 Å². The van der Waals surface area contributed by atoms with Crippen LogP contribution < -0.4 is 9.21 Å². The second kappa shape index (κ2) is 5.94. The smallest absolute Gasteiger partial charge is 0.264 e. The van der Waals surface area contributed by atoms with E-state index >= 15 is 0 Å². The first-order chi connectivity index (χ1) is 11.3. The van der Waals surface area contributed by atoms with Gasteiger partial charge in [-0.1, -0.05) is 12.1 Å². The number of hydrogen-bond donors (Lipinski definition) is 0. The number of nitrogens with zero attached hydrogens (tertiary/aromatic N) is 2. The highest BCUT2D eigenvalue weighted by atomic mass is 32.2. The molecule has 2 aromatic carbocycles. The molecular weight excluding hydrogens is 324 g/mol. The summed E-state index contributed by atoms with van der Waals surface area (Å²) >= 11 is 0. The Labute approximate surface area is 142 Å². The van der Waals surface area contributed by atoms with Gasteiger partial charge in [-0.05, 0) is 54.8 Å². The lowest BCUT2D eigenvalue weighted by molar-refractivity contribution is -0.116. The molecule has 5 nitrogen and oxygen atoms in total. The second-order valence-corrected chi connectivity index (χ2v) is 7.99. The van der Waals surface area contributed by atoms with Crippen LogP contribution in [-0.4, -0.2) is 27.9 Å². The van der Waals surface area contributed by atoms with Crippen LogP contribution in [0.5, 0.6) is 0 Å². The fraction of sp³-hybridized carbons (Fsp3) is 0.278. The molecule has 1 aliphatic heterocycles. The molecular formula is C18H20N2O3S. The van der Waals surface area contributed by atoms with Crippen molar-refractivity contribution in [2.24, 2.45) is 0 Å². The van der Waals surface area contributed by atoms with Gasteiger partial charge in [0.15, 0.2) is 0 Å². The Morgan fingerprint density at radius 3 is 2.58 bits per heavy atom. The number of amides is 1. The molecule has 0 aliphatic carbocycles. The third-order valence-electron chi connectivity index (χ3n) is 4.35. The van der Waals surface area contributed by atoms with E-state index in [1.165, 1.54) is 11.2 Å². The summed E-state index contributed by atoms with van der Waals surface area (Å²) < 4.78 is 27.1. The number of anilines is 2. The summed E-state index contributed by atoms with van der Waals surface area (Å²) in [7, 11) is -2.08. The summed E-state index contributed by atoms with van der Waals surface area (Å²) in [6.45, 7) is 4.04. The average molecular weight is 344 g/mol. The third kappa shape index (κ3) is 2.78. The predicted octanol–water partition coefficient (Wildman–Crippen LogP) is 2.73. The molecule has 0 aromatic heterocycles. The van der Waals surface area contributed by atoms with Gasteiger partial charge < -0.3 is 4.90 Å². The van der Waals surface area contributed by atoms with Gasteiger partial charge >= 0.3 is 0 Å². The van der Waals surface area contributed by atoms with Gasteiger partial charge in [0.25, 0.3) is 10.0 Å². The van der Waals surface area contributed by atoms with Gasteiger partial charge in [0, 0.05) is 26.2 Å². The highest BCUT2D eigenvalue weighted by Crippen LogP contribution is 2.32. The number of carbonyl (C=O) groups excluding carboxylic acids is 1. The van der Waals surface area contributed by atoms with Crippen LogP contribution in [0.15, 0.2) is 47.4 Å². The van der Waals surface area contributed by atoms with Crippen LogP contribution in [0.3, 0.4) is 0 Å². The van der Waals surface area contributed by atoms with E-state index in [-0.39, 0.29) is 10.8 Å². The fourth-order valence-corrected chi connectivity index (χ4v) is 4.22. The molecule has 0 bridgehead atoms. The molecule has 0 fully saturated rings. The van der Waals surface area contributed by atoms with Crippen molar-refractivity contribution < 1.29 is 13.2 Å². The maximum Gasteiger partial charge on any atom is 0.264 e. The minimum Gasteiger partial charge on any atom is -0.312 e. The molecule has 0 N–H and O–H groups in total. The highest BCUT2D eigenvalue weighted by molar-refractivity contribution is 7.92. The first-order valence-electron chi connectivity index (χ1n) is 7.77. The van der Waals surface area contributed by atoms with Gasteiger partial charge in [-0.15, -0.1) is 0 Å². The Hall–Kier alpha value is -2.34. The van der Waals surface area contributed by atoms with Crippen molar-refractivity contribution >= 4 is 27.3 Å². The average Bonchev–Trinajstić information content (AvgIpc) is 2.97. The summed E-state index contributed by atoms with van der Waals surface area (Å²) in [6.07, 6.45) is 0.673. The number of fused-ring (bicyclic) bond motifs is 1. The minimum absolute atomic E-state index is 0.0266. The molecule has 2 aromatic rings. The number of rotatable bonds is 3. The molecule has 1 amide bonds. The topological polar surface area (TPSA) is 57.7 Å². The van der Waals surface area contributed by atoms with Crippen LogP contribution in [-0.2, 0) is 21.2 Å². The molecule has 3 rings (SSSR count). The van der Waals surface area contributed by atoms with Gasteiger partial charge in [0.1, 0.15) is 0 Å². The van der Waals surface area contributed by atoms with Crippen LogP contribution in [0.25, 0.3) is 0 Å². The molecule has 0 saturated heterocycles. The van der Waals surface area contributed by atoms with Crippen molar-refractivity contribution in [3.05, 3.63) is 53.6 Å². The Balaban J connectivity index is 1.98. The van der Waals surface area contributed by atoms with E-state index in [0.29, 0.717) is 18.7 Å². The lowest BCUT2D eigenvalue weighted by atomic mass is 10.2. The maximum absolute atomic E-state index is 12.9. The summed E-state index contributed by atoms with van der Waals surface area (Å²) in [4.78, 5) is 13.5. The first kappa shape index (κ1) is 16.5. The van der Waals surface area contributed by atoms with E-state index < -0.39 is 10.0 Å². The summed E-state index contributed by atoms with van der Waals surface area (Å²) in [5.74, 6) is -0.0266. The zero-order valence-electron chi connectivity index (χ0n) is 14.0. The second-order valence-electron chi connectivity index (χ2n) is 6.02. The van der Waals surface area contributed by atoms with Crippen molar-refractivity contribution in [2.75, 3.05) is 22.8 Å². The van der Waals surface area contributed by atoms with Crippen LogP contribution in [0, 0.1) is 6.92 Å². The zero-order chi connectivity index (χ0) is 17.5. The zero-order valence-corrected chi connectivity index (χ0v) is 14.8. The van der Waals surface area contributed by atoms with Crippen molar-refractivity contribution in [1.82, 2.24) is 0 Å². The van der Waals surface area contributed by atoms with Crippen molar-refractivity contribution in [3.63, 3.8) is 0 Å². The molecule has 0 spiro atoms. The molecule has 1 heterocycles. The third-order valence-corrected chi connectivity index (χ3v) is 6.13. The first-order valence-corrected chi connectivity index (χ1v) is 9.21. The van der Waals surface area contributed by atoms with Crippen LogP contribution in [0.1, 0.15) is 18.1 Å². The number of carbonyl (C=O) groups is 1. The van der Waals surface area contributed by atoms with E-state index in [1.807, 2.05) is 25.1 Å². The van der Waals surface area contributed by atoms with Crippen LogP contribution in [0.4, 0.5) is 11.4 Å². The van der Waals surface area contributed by atoms with Crippen molar-refractivity contribution in [1.29, 1.82) is 0 Å². The molecule has 126 valence electrons. The molecule has 1 aliphatic rings. The van der Waals surface area contributed by atoms with Gasteiger partial charge in [-0.25, -0.2) is 8.42 Å². The number of hydrogen-bond acceptors (Lipinski definition) is 3. The monoisotopic (exact) mass is 344 g/mol. The molecule has 6 heteroatoms. The van der Waals surface area contributed by atoms with Gasteiger partial charge in [0.05, 0.1) is 10.6 Å². The quantitative estimate of drug-likeness (QED) is 0.860. The van der Waals surface area contributed by atoms with Crippen LogP contribution >= 0.6 is 0 Å². The molecule has 24 heavy (non-hydrogen) atoms. The Bertz CT molecular complexity index is 906. The Kier molecular flexibility index (Phi) is 4.09. The number of benzene rings is 2. The summed E-state index contributed by atoms with van der Waals surface area (Å²) in [5, 5.41) is 0. The lowest BCUT2D eigenvalue weighted by Crippen LogP contribution is -2.27. The van der Waals surface area contributed by atoms with Gasteiger partial charge in [-0.3, -0.25) is 9.10 Å². The Morgan fingerprint density at radius 1 is 1.17 bits per heavy atom. The molecule has 0 radical (unpaired) electrons. The van der Waals surface area contributed by atoms with Gasteiger partial charge in [-0.2, -0.15) is 0 Å². The molecule has 0 saturated carbocycles. The number of aryl methyl sites for hydroxylation is 1. The maximum atomic E-state index is 12.9. The summed E-state index contributed by atoms with van der Waals surface area (Å²) in [5.41, 5.74) is 3.32. The highest BCUT2D eigenvalue weighted by Gasteiger charge is 2.27. The lowest BCUT2D eigenvalue weighted by Gasteiger charge is -2.21. The number of sulfonamides is 1.